The number of benzene rings is 2. The molecule has 0 bridgehead atoms. The molecule has 13 heteroatoms. The Balaban J connectivity index is 1.30. The SMILES string of the molecule is CN1CCC(N(C)C(=O)Nc2cc(Oc3ccc(NC(=S)NC(=O)Cc4ccc(Cl)cc4)cc3F)ncn2)CC1. The molecule has 10 nitrogen and oxygen atoms in total. The first-order valence-corrected chi connectivity index (χ1v) is 13.3. The minimum atomic E-state index is -0.688. The summed E-state index contributed by atoms with van der Waals surface area (Å²) in [7, 11) is 3.82. The molecule has 4 rings (SSSR count). The van der Waals surface area contributed by atoms with Gasteiger partial charge in [-0.05, 0) is 75.0 Å². The Labute approximate surface area is 241 Å². The first kappa shape index (κ1) is 29.1. The number of ether oxygens (including phenoxy) is 1. The average Bonchev–Trinajstić information content (AvgIpc) is 2.91. The molecule has 1 aliphatic heterocycles. The van der Waals surface area contributed by atoms with E-state index in [4.69, 9.17) is 28.6 Å². The molecule has 0 aliphatic carbocycles. The van der Waals surface area contributed by atoms with E-state index in [0.717, 1.165) is 31.5 Å². The van der Waals surface area contributed by atoms with E-state index in [1.165, 1.54) is 30.6 Å². The van der Waals surface area contributed by atoms with Crippen molar-refractivity contribution in [2.75, 3.05) is 37.8 Å². The van der Waals surface area contributed by atoms with Crippen LogP contribution in [0.2, 0.25) is 5.02 Å². The quantitative estimate of drug-likeness (QED) is 0.343. The van der Waals surface area contributed by atoms with Crippen molar-refractivity contribution in [2.45, 2.75) is 25.3 Å². The monoisotopic (exact) mass is 585 g/mol. The summed E-state index contributed by atoms with van der Waals surface area (Å²) in [5.41, 5.74) is 1.09. The Morgan fingerprint density at radius 2 is 1.85 bits per heavy atom. The van der Waals surface area contributed by atoms with Gasteiger partial charge in [-0.2, -0.15) is 0 Å². The minimum Gasteiger partial charge on any atom is -0.436 e. The van der Waals surface area contributed by atoms with E-state index in [1.807, 2.05) is 0 Å². The smallest absolute Gasteiger partial charge is 0.323 e. The van der Waals surface area contributed by atoms with Gasteiger partial charge in [0.25, 0.3) is 0 Å². The van der Waals surface area contributed by atoms with Crippen LogP contribution >= 0.6 is 23.8 Å². The number of amides is 3. The number of thiocarbonyl (C=S) groups is 1. The number of hydrogen-bond acceptors (Lipinski definition) is 7. The normalized spacial score (nSPS) is 13.8. The zero-order valence-corrected chi connectivity index (χ0v) is 23.6. The number of hydrogen-bond donors (Lipinski definition) is 3. The van der Waals surface area contributed by atoms with Gasteiger partial charge in [-0.15, -0.1) is 0 Å². The van der Waals surface area contributed by atoms with Gasteiger partial charge in [0.15, 0.2) is 16.7 Å². The summed E-state index contributed by atoms with van der Waals surface area (Å²) in [5.74, 6) is -0.830. The lowest BCUT2D eigenvalue weighted by Crippen LogP contribution is -2.46. The summed E-state index contributed by atoms with van der Waals surface area (Å²) in [4.78, 5) is 36.9. The lowest BCUT2D eigenvalue weighted by molar-refractivity contribution is -0.119. The molecule has 3 aromatic rings. The molecule has 0 saturated carbocycles. The molecule has 3 N–H and O–H groups in total. The van der Waals surface area contributed by atoms with Crippen molar-refractivity contribution in [3.8, 4) is 11.6 Å². The maximum absolute atomic E-state index is 14.8. The maximum atomic E-state index is 14.8. The molecule has 1 aliphatic rings. The van der Waals surface area contributed by atoms with E-state index in [-0.39, 0.29) is 47.0 Å². The Morgan fingerprint density at radius 3 is 2.55 bits per heavy atom. The third-order valence-corrected chi connectivity index (χ3v) is 6.82. The van der Waals surface area contributed by atoms with E-state index in [0.29, 0.717) is 10.7 Å². The first-order valence-electron chi connectivity index (χ1n) is 12.5. The number of nitrogens with one attached hydrogen (secondary N) is 3. The van der Waals surface area contributed by atoms with Crippen LogP contribution in [0.1, 0.15) is 18.4 Å². The Kier molecular flexibility index (Phi) is 9.80. The summed E-state index contributed by atoms with van der Waals surface area (Å²) < 4.78 is 20.4. The number of halogens is 2. The Hall–Kier alpha value is -3.87. The highest BCUT2D eigenvalue weighted by Crippen LogP contribution is 2.26. The van der Waals surface area contributed by atoms with Crippen molar-refractivity contribution in [3.05, 3.63) is 71.3 Å². The molecule has 1 aromatic heterocycles. The van der Waals surface area contributed by atoms with E-state index in [2.05, 4.69) is 37.9 Å². The van der Waals surface area contributed by atoms with Crippen molar-refractivity contribution >= 4 is 52.4 Å². The topological polar surface area (TPSA) is 112 Å². The van der Waals surface area contributed by atoms with Crippen LogP contribution < -0.4 is 20.7 Å². The fraction of sp³-hybridized carbons (Fsp3) is 0.296. The van der Waals surface area contributed by atoms with Gasteiger partial charge in [0.05, 0.1) is 6.42 Å². The van der Waals surface area contributed by atoms with Crippen LogP contribution in [0.3, 0.4) is 0 Å². The van der Waals surface area contributed by atoms with Gasteiger partial charge in [-0.25, -0.2) is 19.2 Å². The van der Waals surface area contributed by atoms with Gasteiger partial charge in [-0.3, -0.25) is 10.1 Å². The number of carbonyl (C=O) groups excluding carboxylic acids is 2. The summed E-state index contributed by atoms with van der Waals surface area (Å²) >= 11 is 11.0. The summed E-state index contributed by atoms with van der Waals surface area (Å²) in [5, 5.41) is 8.67. The fourth-order valence-corrected chi connectivity index (χ4v) is 4.46. The molecular weight excluding hydrogens is 557 g/mol. The number of anilines is 2. The molecule has 3 amide bonds. The van der Waals surface area contributed by atoms with Crippen LogP contribution in [0.4, 0.5) is 20.7 Å². The van der Waals surface area contributed by atoms with E-state index < -0.39 is 5.82 Å². The van der Waals surface area contributed by atoms with Gasteiger partial charge in [0.1, 0.15) is 12.1 Å². The molecule has 2 heterocycles. The highest BCUT2D eigenvalue weighted by atomic mass is 35.5. The van der Waals surface area contributed by atoms with E-state index in [9.17, 15) is 14.0 Å². The van der Waals surface area contributed by atoms with Crippen LogP contribution in [0.5, 0.6) is 11.6 Å². The highest BCUT2D eigenvalue weighted by Gasteiger charge is 2.24. The molecular formula is C27H29ClFN7O3S. The van der Waals surface area contributed by atoms with Crippen molar-refractivity contribution in [1.29, 1.82) is 0 Å². The van der Waals surface area contributed by atoms with Gasteiger partial charge in [0.2, 0.25) is 11.8 Å². The molecule has 0 atom stereocenters. The van der Waals surface area contributed by atoms with Crippen molar-refractivity contribution in [3.63, 3.8) is 0 Å². The van der Waals surface area contributed by atoms with Crippen LogP contribution in [0, 0.1) is 5.82 Å². The number of nitrogens with zero attached hydrogens (tertiary/aromatic N) is 4. The highest BCUT2D eigenvalue weighted by molar-refractivity contribution is 7.80. The van der Waals surface area contributed by atoms with Crippen LogP contribution in [0.15, 0.2) is 54.9 Å². The molecule has 2 aromatic carbocycles. The predicted molar refractivity (Wildman–Crippen MR) is 155 cm³/mol. The van der Waals surface area contributed by atoms with Gasteiger partial charge < -0.3 is 25.2 Å². The summed E-state index contributed by atoms with van der Waals surface area (Å²) in [6.45, 7) is 1.86. The molecule has 1 saturated heterocycles. The summed E-state index contributed by atoms with van der Waals surface area (Å²) in [6.07, 6.45) is 3.11. The number of aromatic nitrogens is 2. The third-order valence-electron chi connectivity index (χ3n) is 6.37. The number of rotatable bonds is 7. The maximum Gasteiger partial charge on any atom is 0.323 e. The van der Waals surface area contributed by atoms with Crippen molar-refractivity contribution in [1.82, 2.24) is 25.1 Å². The number of urea groups is 1. The van der Waals surface area contributed by atoms with Crippen LogP contribution in [-0.2, 0) is 11.2 Å². The molecule has 0 radical (unpaired) electrons. The van der Waals surface area contributed by atoms with Gasteiger partial charge in [-0.1, -0.05) is 23.7 Å². The minimum absolute atomic E-state index is 0.0217. The van der Waals surface area contributed by atoms with Crippen LogP contribution in [-0.4, -0.2) is 70.0 Å². The first-order chi connectivity index (χ1) is 19.2. The molecule has 0 spiro atoms. The van der Waals surface area contributed by atoms with Crippen LogP contribution in [0.25, 0.3) is 0 Å². The lowest BCUT2D eigenvalue weighted by Gasteiger charge is -2.34. The number of carbonyl (C=O) groups is 2. The Morgan fingerprint density at radius 1 is 1.12 bits per heavy atom. The lowest BCUT2D eigenvalue weighted by atomic mass is 10.0. The van der Waals surface area contributed by atoms with Gasteiger partial charge in [0, 0.05) is 35.9 Å². The largest absolute Gasteiger partial charge is 0.436 e. The average molecular weight is 586 g/mol. The predicted octanol–water partition coefficient (Wildman–Crippen LogP) is 4.68. The molecule has 40 heavy (non-hydrogen) atoms. The summed E-state index contributed by atoms with van der Waals surface area (Å²) in [6, 6.07) is 12.2. The van der Waals surface area contributed by atoms with Gasteiger partial charge >= 0.3 is 6.03 Å². The molecule has 210 valence electrons. The third kappa shape index (κ3) is 8.31. The van der Waals surface area contributed by atoms with E-state index in [1.54, 1.807) is 36.2 Å². The van der Waals surface area contributed by atoms with E-state index >= 15 is 0 Å². The second kappa shape index (κ2) is 13.5. The van der Waals surface area contributed by atoms with Crippen molar-refractivity contribution < 1.29 is 18.7 Å². The standard InChI is InChI=1S/C27H29ClFN7O3S/c1-35-11-9-20(10-12-35)36(2)27(38)33-23-15-25(31-16-30-23)39-22-8-7-19(14-21(22)29)32-26(40)34-24(37)13-17-3-5-18(28)6-4-17/h3-8,14-16,20H,9-13H2,1-2H3,(H,30,31,33,38)(H2,32,34,37,40). The molecule has 0 unspecified atom stereocenters. The number of likely N-dealkylation sites (tertiary alicyclic amines) is 1. The van der Waals surface area contributed by atoms with Crippen molar-refractivity contribution in [2.24, 2.45) is 0 Å². The fourth-order valence-electron chi connectivity index (χ4n) is 4.10. The number of piperidine rings is 1. The molecule has 1 fully saturated rings. The Bertz CT molecular complexity index is 1370. The second-order valence-corrected chi connectivity index (χ2v) is 10.2. The second-order valence-electron chi connectivity index (χ2n) is 9.37. The zero-order valence-electron chi connectivity index (χ0n) is 22.0. The zero-order chi connectivity index (χ0) is 28.6.